The van der Waals surface area contributed by atoms with Gasteiger partial charge in [-0.1, -0.05) is 15.9 Å². The summed E-state index contributed by atoms with van der Waals surface area (Å²) in [6.07, 6.45) is -0.740. The molecule has 0 spiro atoms. The first kappa shape index (κ1) is 13.5. The molecule has 17 heavy (non-hydrogen) atoms. The first-order chi connectivity index (χ1) is 7.99. The molecule has 0 heterocycles. The lowest BCUT2D eigenvalue weighted by Crippen LogP contribution is -2.39. The zero-order valence-corrected chi connectivity index (χ0v) is 10.7. The Bertz CT molecular complexity index is 404. The molecule has 1 rings (SSSR count). The maximum atomic E-state index is 11.4. The first-order valence-corrected chi connectivity index (χ1v) is 5.70. The number of benzene rings is 1. The molecule has 0 radical (unpaired) electrons. The van der Waals surface area contributed by atoms with Gasteiger partial charge in [-0.2, -0.15) is 0 Å². The number of amides is 1. The predicted octanol–water partition coefficient (Wildman–Crippen LogP) is 1.42. The summed E-state index contributed by atoms with van der Waals surface area (Å²) in [4.78, 5) is 21.7. The molecule has 1 atom stereocenters. The average Bonchev–Trinajstić information content (AvgIpc) is 2.28. The third kappa shape index (κ3) is 4.86. The maximum absolute atomic E-state index is 11.4. The monoisotopic (exact) mass is 301 g/mol. The Kier molecular flexibility index (Phi) is 4.96. The van der Waals surface area contributed by atoms with Gasteiger partial charge >= 0.3 is 5.97 Å². The number of ether oxygens (including phenoxy) is 1. The van der Waals surface area contributed by atoms with E-state index in [2.05, 4.69) is 21.2 Å². The second kappa shape index (κ2) is 6.24. The predicted molar refractivity (Wildman–Crippen MR) is 64.9 cm³/mol. The molecule has 5 nitrogen and oxygen atoms in total. The molecule has 1 amide bonds. The van der Waals surface area contributed by atoms with E-state index in [4.69, 9.17) is 9.84 Å². The van der Waals surface area contributed by atoms with Crippen LogP contribution in [-0.4, -0.2) is 29.6 Å². The summed E-state index contributed by atoms with van der Waals surface area (Å²) in [5.41, 5.74) is 0. The SMILES string of the molecule is CC(Oc1ccc(Br)cc1)C(=O)NCC(=O)O. The second-order valence-electron chi connectivity index (χ2n) is 3.33. The van der Waals surface area contributed by atoms with Crippen LogP contribution in [-0.2, 0) is 9.59 Å². The van der Waals surface area contributed by atoms with Crippen LogP contribution in [0.1, 0.15) is 6.92 Å². The van der Waals surface area contributed by atoms with Gasteiger partial charge < -0.3 is 15.2 Å². The lowest BCUT2D eigenvalue weighted by atomic mass is 10.3. The summed E-state index contributed by atoms with van der Waals surface area (Å²) in [7, 11) is 0. The summed E-state index contributed by atoms with van der Waals surface area (Å²) in [5, 5.41) is 10.6. The minimum atomic E-state index is -1.09. The molecule has 0 aromatic heterocycles. The smallest absolute Gasteiger partial charge is 0.322 e. The highest BCUT2D eigenvalue weighted by molar-refractivity contribution is 9.10. The molecular formula is C11H12BrNO4. The first-order valence-electron chi connectivity index (χ1n) is 4.91. The van der Waals surface area contributed by atoms with Gasteiger partial charge in [0.25, 0.3) is 5.91 Å². The quantitative estimate of drug-likeness (QED) is 0.862. The Hall–Kier alpha value is -1.56. The highest BCUT2D eigenvalue weighted by Gasteiger charge is 2.14. The summed E-state index contributed by atoms with van der Waals surface area (Å²) >= 11 is 3.28. The number of carbonyl (C=O) groups excluding carboxylic acids is 1. The molecule has 1 aromatic carbocycles. The Morgan fingerprint density at radius 1 is 1.41 bits per heavy atom. The number of carbonyl (C=O) groups is 2. The van der Waals surface area contributed by atoms with Crippen molar-refractivity contribution in [3.05, 3.63) is 28.7 Å². The van der Waals surface area contributed by atoms with Crippen molar-refractivity contribution in [1.82, 2.24) is 5.32 Å². The number of aliphatic carboxylic acids is 1. The number of carboxylic acids is 1. The van der Waals surface area contributed by atoms with E-state index in [1.54, 1.807) is 31.2 Å². The summed E-state index contributed by atoms with van der Waals surface area (Å²) < 4.78 is 6.25. The van der Waals surface area contributed by atoms with E-state index in [0.717, 1.165) is 4.47 Å². The van der Waals surface area contributed by atoms with Crippen LogP contribution in [0.2, 0.25) is 0 Å². The Morgan fingerprint density at radius 3 is 2.53 bits per heavy atom. The molecule has 6 heteroatoms. The molecular weight excluding hydrogens is 290 g/mol. The van der Waals surface area contributed by atoms with Crippen LogP contribution in [0, 0.1) is 0 Å². The summed E-state index contributed by atoms with van der Waals surface area (Å²) in [6, 6.07) is 7.00. The lowest BCUT2D eigenvalue weighted by Gasteiger charge is -2.13. The van der Waals surface area contributed by atoms with E-state index in [9.17, 15) is 9.59 Å². The average molecular weight is 302 g/mol. The summed E-state index contributed by atoms with van der Waals surface area (Å²) in [5.74, 6) is -1.00. The number of rotatable bonds is 5. The molecule has 1 aromatic rings. The van der Waals surface area contributed by atoms with Crippen molar-refractivity contribution in [2.75, 3.05) is 6.54 Å². The highest BCUT2D eigenvalue weighted by Crippen LogP contribution is 2.17. The van der Waals surface area contributed by atoms with E-state index in [-0.39, 0.29) is 0 Å². The molecule has 0 aliphatic carbocycles. The maximum Gasteiger partial charge on any atom is 0.322 e. The van der Waals surface area contributed by atoms with Crippen molar-refractivity contribution in [1.29, 1.82) is 0 Å². The third-order valence-electron chi connectivity index (χ3n) is 1.91. The van der Waals surface area contributed by atoms with E-state index < -0.39 is 24.5 Å². The number of hydrogen-bond donors (Lipinski definition) is 2. The van der Waals surface area contributed by atoms with Gasteiger partial charge in [-0.05, 0) is 31.2 Å². The summed E-state index contributed by atoms with van der Waals surface area (Å²) in [6.45, 7) is 1.14. The number of nitrogens with one attached hydrogen (secondary N) is 1. The molecule has 0 aliphatic heterocycles. The van der Waals surface area contributed by atoms with Gasteiger partial charge in [0, 0.05) is 4.47 Å². The van der Waals surface area contributed by atoms with Crippen LogP contribution in [0.5, 0.6) is 5.75 Å². The van der Waals surface area contributed by atoms with Gasteiger partial charge in [0.05, 0.1) is 0 Å². The molecule has 0 fully saturated rings. The van der Waals surface area contributed by atoms with E-state index in [1.807, 2.05) is 0 Å². The van der Waals surface area contributed by atoms with Gasteiger partial charge in [0.2, 0.25) is 0 Å². The van der Waals surface area contributed by atoms with Gasteiger partial charge in [0.15, 0.2) is 6.10 Å². The van der Waals surface area contributed by atoms with Crippen LogP contribution in [0.3, 0.4) is 0 Å². The van der Waals surface area contributed by atoms with Crippen molar-refractivity contribution in [3.8, 4) is 5.75 Å². The van der Waals surface area contributed by atoms with Crippen LogP contribution in [0.4, 0.5) is 0 Å². The molecule has 0 saturated carbocycles. The van der Waals surface area contributed by atoms with Gasteiger partial charge in [-0.25, -0.2) is 0 Å². The van der Waals surface area contributed by atoms with Crippen molar-refractivity contribution in [2.45, 2.75) is 13.0 Å². The van der Waals surface area contributed by atoms with Gasteiger partial charge in [0.1, 0.15) is 12.3 Å². The fraction of sp³-hybridized carbons (Fsp3) is 0.273. The van der Waals surface area contributed by atoms with Crippen molar-refractivity contribution >= 4 is 27.8 Å². The lowest BCUT2D eigenvalue weighted by molar-refractivity contribution is -0.139. The van der Waals surface area contributed by atoms with Crippen molar-refractivity contribution in [3.63, 3.8) is 0 Å². The Labute approximate surface area is 107 Å². The second-order valence-corrected chi connectivity index (χ2v) is 4.24. The fourth-order valence-corrected chi connectivity index (χ4v) is 1.34. The molecule has 2 N–H and O–H groups in total. The van der Waals surface area contributed by atoms with Gasteiger partial charge in [-0.15, -0.1) is 0 Å². The standard InChI is InChI=1S/C11H12BrNO4/c1-7(11(16)13-6-10(14)15)17-9-4-2-8(12)3-5-9/h2-5,7H,6H2,1H3,(H,13,16)(H,14,15). The Morgan fingerprint density at radius 2 is 2.00 bits per heavy atom. The molecule has 0 aliphatic rings. The van der Waals surface area contributed by atoms with Gasteiger partial charge in [-0.3, -0.25) is 9.59 Å². The highest BCUT2D eigenvalue weighted by atomic mass is 79.9. The fourth-order valence-electron chi connectivity index (χ4n) is 1.08. The van der Waals surface area contributed by atoms with Crippen molar-refractivity contribution < 1.29 is 19.4 Å². The minimum absolute atomic E-state index is 0.410. The normalized spacial score (nSPS) is 11.6. The largest absolute Gasteiger partial charge is 0.481 e. The Balaban J connectivity index is 2.48. The molecule has 0 bridgehead atoms. The van der Waals surface area contributed by atoms with E-state index >= 15 is 0 Å². The third-order valence-corrected chi connectivity index (χ3v) is 2.44. The zero-order chi connectivity index (χ0) is 12.8. The van der Waals surface area contributed by atoms with E-state index in [1.165, 1.54) is 0 Å². The number of hydrogen-bond acceptors (Lipinski definition) is 3. The molecule has 1 unspecified atom stereocenters. The van der Waals surface area contributed by atoms with Crippen molar-refractivity contribution in [2.24, 2.45) is 0 Å². The van der Waals surface area contributed by atoms with Crippen LogP contribution in [0.15, 0.2) is 28.7 Å². The minimum Gasteiger partial charge on any atom is -0.481 e. The molecule has 92 valence electrons. The number of carboxylic acid groups (broad SMARTS) is 1. The van der Waals surface area contributed by atoms with Crippen LogP contribution in [0.25, 0.3) is 0 Å². The zero-order valence-electron chi connectivity index (χ0n) is 9.14. The van der Waals surface area contributed by atoms with E-state index in [0.29, 0.717) is 5.75 Å². The molecule has 0 saturated heterocycles. The van der Waals surface area contributed by atoms with Crippen LogP contribution >= 0.6 is 15.9 Å². The topological polar surface area (TPSA) is 75.6 Å². The van der Waals surface area contributed by atoms with Crippen LogP contribution < -0.4 is 10.1 Å². The number of halogens is 1.